The number of rotatable bonds is 13. The van der Waals surface area contributed by atoms with Gasteiger partial charge in [-0.05, 0) is 35.4 Å². The molecule has 1 saturated heterocycles. The van der Waals surface area contributed by atoms with Crippen molar-refractivity contribution in [3.8, 4) is 28.6 Å². The van der Waals surface area contributed by atoms with Crippen LogP contribution in [0.25, 0.3) is 11.4 Å². The lowest BCUT2D eigenvalue weighted by molar-refractivity contribution is -0.122. The van der Waals surface area contributed by atoms with Crippen LogP contribution in [0.4, 0.5) is 8.78 Å². The summed E-state index contributed by atoms with van der Waals surface area (Å²) in [6, 6.07) is 25.4. The summed E-state index contributed by atoms with van der Waals surface area (Å²) in [6.45, 7) is 4.04. The lowest BCUT2D eigenvalue weighted by Crippen LogP contribution is -2.48. The number of hydrazone groups is 1. The lowest BCUT2D eigenvalue weighted by Gasteiger charge is -2.33. The van der Waals surface area contributed by atoms with Gasteiger partial charge in [-0.2, -0.15) is 10.1 Å². The van der Waals surface area contributed by atoms with Crippen LogP contribution in [0.2, 0.25) is 0 Å². The standard InChI is InChI=1S/C36H34F2N6O5.ClH/c37-31-13-12-29(18-32(31)38)47-24-26-6-8-27(9-7-26)36-40-35(49-42-36)22-44-16-14-43(15-17-44)21-34(46)41-39-20-28-10-11-30(19-33(28)45)48-23-25-4-2-1-3-5-25;/h1-13,18-20,45H,14-17,21-24H2,(H,41,46);1H. The van der Waals surface area contributed by atoms with Crippen LogP contribution in [0.15, 0.2) is 101 Å². The Balaban J connectivity index is 0.00000486. The molecule has 0 aliphatic carbocycles. The van der Waals surface area contributed by atoms with Gasteiger partial charge in [0.1, 0.15) is 30.5 Å². The molecule has 14 heteroatoms. The second kappa shape index (κ2) is 17.3. The minimum absolute atomic E-state index is 0. The molecule has 0 unspecified atom stereocenters. The maximum Gasteiger partial charge on any atom is 0.254 e. The van der Waals surface area contributed by atoms with Crippen molar-refractivity contribution < 1.29 is 32.7 Å². The van der Waals surface area contributed by atoms with E-state index in [-0.39, 0.29) is 43.0 Å². The quantitative estimate of drug-likeness (QED) is 0.120. The Kier molecular flexibility index (Phi) is 12.5. The average Bonchev–Trinajstić information content (AvgIpc) is 3.58. The van der Waals surface area contributed by atoms with Crippen molar-refractivity contribution in [1.82, 2.24) is 25.4 Å². The number of aromatic nitrogens is 2. The summed E-state index contributed by atoms with van der Waals surface area (Å²) < 4.78 is 43.3. The highest BCUT2D eigenvalue weighted by Crippen LogP contribution is 2.24. The highest BCUT2D eigenvalue weighted by molar-refractivity contribution is 5.86. The topological polar surface area (TPSA) is 126 Å². The minimum Gasteiger partial charge on any atom is -0.507 e. The van der Waals surface area contributed by atoms with Gasteiger partial charge >= 0.3 is 0 Å². The van der Waals surface area contributed by atoms with Gasteiger partial charge in [-0.15, -0.1) is 12.4 Å². The van der Waals surface area contributed by atoms with Crippen molar-refractivity contribution in [2.75, 3.05) is 32.7 Å². The fraction of sp³-hybridized carbons (Fsp3) is 0.222. The summed E-state index contributed by atoms with van der Waals surface area (Å²) in [5.74, 6) is -0.426. The number of piperazine rings is 1. The van der Waals surface area contributed by atoms with E-state index in [2.05, 4.69) is 25.6 Å². The zero-order valence-corrected chi connectivity index (χ0v) is 27.7. The molecular weight excluding hydrogens is 670 g/mol. The fourth-order valence-corrected chi connectivity index (χ4v) is 5.09. The van der Waals surface area contributed by atoms with Gasteiger partial charge in [0.2, 0.25) is 11.7 Å². The lowest BCUT2D eigenvalue weighted by atomic mass is 10.1. The van der Waals surface area contributed by atoms with E-state index in [0.29, 0.717) is 62.4 Å². The van der Waals surface area contributed by atoms with Crippen molar-refractivity contribution in [1.29, 1.82) is 0 Å². The molecule has 260 valence electrons. The predicted molar refractivity (Wildman–Crippen MR) is 184 cm³/mol. The number of nitrogens with one attached hydrogen (secondary N) is 1. The number of phenols is 1. The Morgan fingerprint density at radius 2 is 1.52 bits per heavy atom. The zero-order chi connectivity index (χ0) is 34.0. The summed E-state index contributed by atoms with van der Waals surface area (Å²) in [4.78, 5) is 21.2. The summed E-state index contributed by atoms with van der Waals surface area (Å²) in [5, 5.41) is 18.5. The number of nitrogens with zero attached hydrogens (tertiary/aromatic N) is 5. The Labute approximate surface area is 293 Å². The fourth-order valence-electron chi connectivity index (χ4n) is 5.09. The molecule has 0 radical (unpaired) electrons. The van der Waals surface area contributed by atoms with Crippen LogP contribution in [0.5, 0.6) is 17.2 Å². The van der Waals surface area contributed by atoms with E-state index >= 15 is 0 Å². The maximum absolute atomic E-state index is 13.4. The molecule has 1 aromatic heterocycles. The van der Waals surface area contributed by atoms with E-state index in [1.165, 1.54) is 18.3 Å². The SMILES string of the molecule is Cl.O=C(CN1CCN(Cc2nc(-c3ccc(COc4ccc(F)c(F)c4)cc3)no2)CC1)NN=Cc1ccc(OCc2ccccc2)cc1O. The molecule has 50 heavy (non-hydrogen) atoms. The largest absolute Gasteiger partial charge is 0.507 e. The summed E-state index contributed by atoms with van der Waals surface area (Å²) in [7, 11) is 0. The second-order valence-corrected chi connectivity index (χ2v) is 11.4. The predicted octanol–water partition coefficient (Wildman–Crippen LogP) is 5.57. The molecular formula is C36H35ClF2N6O5. The third-order valence-corrected chi connectivity index (χ3v) is 7.81. The molecule has 11 nitrogen and oxygen atoms in total. The van der Waals surface area contributed by atoms with Crippen LogP contribution in [-0.4, -0.2) is 69.9 Å². The number of carbonyl (C=O) groups excluding carboxylic acids is 1. The molecule has 0 spiro atoms. The number of hydrogen-bond acceptors (Lipinski definition) is 10. The van der Waals surface area contributed by atoms with Gasteiger partial charge in [0, 0.05) is 49.4 Å². The van der Waals surface area contributed by atoms with Crippen LogP contribution in [0, 0.1) is 11.6 Å². The van der Waals surface area contributed by atoms with Crippen molar-refractivity contribution in [3.05, 3.63) is 125 Å². The summed E-state index contributed by atoms with van der Waals surface area (Å²) in [6.07, 6.45) is 1.40. The van der Waals surface area contributed by atoms with Crippen LogP contribution < -0.4 is 14.9 Å². The molecule has 1 aliphatic heterocycles. The van der Waals surface area contributed by atoms with E-state index in [1.807, 2.05) is 59.5 Å². The van der Waals surface area contributed by atoms with Crippen LogP contribution in [0.3, 0.4) is 0 Å². The molecule has 2 N–H and O–H groups in total. The third-order valence-electron chi connectivity index (χ3n) is 7.81. The summed E-state index contributed by atoms with van der Waals surface area (Å²) >= 11 is 0. The highest BCUT2D eigenvalue weighted by atomic mass is 35.5. The first-order valence-corrected chi connectivity index (χ1v) is 15.6. The first-order chi connectivity index (χ1) is 23.9. The Morgan fingerprint density at radius 3 is 2.22 bits per heavy atom. The average molecular weight is 705 g/mol. The monoisotopic (exact) mass is 704 g/mol. The van der Waals surface area contributed by atoms with Crippen molar-refractivity contribution in [2.45, 2.75) is 19.8 Å². The minimum atomic E-state index is -0.959. The summed E-state index contributed by atoms with van der Waals surface area (Å²) in [5.41, 5.74) is 5.61. The van der Waals surface area contributed by atoms with Crippen LogP contribution >= 0.6 is 12.4 Å². The Bertz CT molecular complexity index is 1890. The Morgan fingerprint density at radius 1 is 0.860 bits per heavy atom. The van der Waals surface area contributed by atoms with Gasteiger partial charge in [-0.3, -0.25) is 14.6 Å². The molecule has 0 bridgehead atoms. The first-order valence-electron chi connectivity index (χ1n) is 15.6. The number of carbonyl (C=O) groups is 1. The van der Waals surface area contributed by atoms with E-state index in [1.54, 1.807) is 12.1 Å². The van der Waals surface area contributed by atoms with Gasteiger partial charge in [-0.25, -0.2) is 14.2 Å². The number of phenolic OH excluding ortho intramolecular Hbond substituents is 1. The zero-order valence-electron chi connectivity index (χ0n) is 26.9. The number of hydrogen-bond donors (Lipinski definition) is 2. The number of aromatic hydroxyl groups is 1. The van der Waals surface area contributed by atoms with Gasteiger partial charge in [0.15, 0.2) is 11.6 Å². The molecule has 1 aliphatic rings. The van der Waals surface area contributed by atoms with Crippen molar-refractivity contribution in [3.63, 3.8) is 0 Å². The van der Waals surface area contributed by atoms with Crippen LogP contribution in [0.1, 0.15) is 22.6 Å². The number of halogens is 3. The molecule has 5 aromatic rings. The Hall–Kier alpha value is -5.37. The molecule has 6 rings (SSSR count). The maximum atomic E-state index is 13.4. The van der Waals surface area contributed by atoms with E-state index in [0.717, 1.165) is 28.8 Å². The molecule has 2 heterocycles. The molecule has 1 amide bonds. The van der Waals surface area contributed by atoms with Gasteiger partial charge in [0.05, 0.1) is 19.3 Å². The van der Waals surface area contributed by atoms with E-state index < -0.39 is 11.6 Å². The normalized spacial score (nSPS) is 13.6. The third kappa shape index (κ3) is 10.1. The van der Waals surface area contributed by atoms with Gasteiger partial charge < -0.3 is 19.1 Å². The smallest absolute Gasteiger partial charge is 0.254 e. The highest BCUT2D eigenvalue weighted by Gasteiger charge is 2.21. The van der Waals surface area contributed by atoms with Crippen molar-refractivity contribution >= 4 is 24.5 Å². The van der Waals surface area contributed by atoms with Gasteiger partial charge in [-0.1, -0.05) is 59.8 Å². The molecule has 0 saturated carbocycles. The van der Waals surface area contributed by atoms with E-state index in [9.17, 15) is 18.7 Å². The molecule has 1 fully saturated rings. The van der Waals surface area contributed by atoms with Crippen molar-refractivity contribution in [2.24, 2.45) is 5.10 Å². The molecule has 0 atom stereocenters. The second-order valence-electron chi connectivity index (χ2n) is 11.4. The van der Waals surface area contributed by atoms with E-state index in [4.69, 9.17) is 14.0 Å². The number of amides is 1. The number of ether oxygens (including phenoxy) is 2. The number of benzene rings is 4. The first kappa shape index (κ1) is 35.9. The van der Waals surface area contributed by atoms with Gasteiger partial charge in [0.25, 0.3) is 5.91 Å². The van der Waals surface area contributed by atoms with Crippen LogP contribution in [-0.2, 0) is 24.6 Å². The molecule has 4 aromatic carbocycles.